The summed E-state index contributed by atoms with van der Waals surface area (Å²) in [4.78, 5) is 4.39. The molecule has 17 heavy (non-hydrogen) atoms. The lowest BCUT2D eigenvalue weighted by Crippen LogP contribution is -2.13. The minimum Gasteiger partial charge on any atom is -0.335 e. The van der Waals surface area contributed by atoms with Crippen molar-refractivity contribution in [3.05, 3.63) is 24.3 Å². The molecule has 5 nitrogen and oxygen atoms in total. The number of nitrogens with zero attached hydrogens (tertiary/aromatic N) is 1. The summed E-state index contributed by atoms with van der Waals surface area (Å²) in [6, 6.07) is 6.39. The van der Waals surface area contributed by atoms with Gasteiger partial charge in [-0.25, -0.2) is 13.6 Å². The first-order valence-electron chi connectivity index (χ1n) is 5.06. The molecular weight excluding hydrogens is 258 g/mol. The molecule has 1 aromatic rings. The second-order valence-electron chi connectivity index (χ2n) is 3.77. The van der Waals surface area contributed by atoms with E-state index in [2.05, 4.69) is 17.2 Å². The maximum atomic E-state index is 11.2. The average Bonchev–Trinajstić information content (AvgIpc) is 2.63. The molecule has 0 fully saturated rings. The van der Waals surface area contributed by atoms with Crippen LogP contribution in [0, 0.1) is 0 Å². The molecule has 1 heterocycles. The Morgan fingerprint density at radius 2 is 2.29 bits per heavy atom. The molecule has 1 aliphatic heterocycles. The predicted octanol–water partition coefficient (Wildman–Crippen LogP) is 1.24. The quantitative estimate of drug-likeness (QED) is 0.847. The first kappa shape index (κ1) is 12.4. The van der Waals surface area contributed by atoms with E-state index in [4.69, 9.17) is 5.14 Å². The second-order valence-corrected chi connectivity index (χ2v) is 6.76. The van der Waals surface area contributed by atoms with Crippen molar-refractivity contribution in [3.63, 3.8) is 0 Å². The Bertz CT molecular complexity index is 554. The van der Waals surface area contributed by atoms with Crippen molar-refractivity contribution >= 4 is 32.6 Å². The predicted molar refractivity (Wildman–Crippen MR) is 70.8 cm³/mol. The zero-order valence-corrected chi connectivity index (χ0v) is 10.9. The smallest absolute Gasteiger partial charge is 0.238 e. The topological polar surface area (TPSA) is 84.5 Å². The van der Waals surface area contributed by atoms with E-state index in [1.807, 2.05) is 0 Å². The molecular formula is C10H13N3O2S2. The Morgan fingerprint density at radius 1 is 1.53 bits per heavy atom. The normalized spacial score (nSPS) is 20.1. The van der Waals surface area contributed by atoms with Gasteiger partial charge in [0.05, 0.1) is 11.4 Å². The highest BCUT2D eigenvalue weighted by atomic mass is 32.2. The molecule has 0 amide bonds. The molecule has 7 heteroatoms. The van der Waals surface area contributed by atoms with Crippen LogP contribution in [-0.2, 0) is 10.0 Å². The third-order valence-corrected chi connectivity index (χ3v) is 4.14. The molecule has 2 rings (SSSR count). The lowest BCUT2D eigenvalue weighted by atomic mass is 10.3. The number of thioether (sulfide) groups is 1. The SMILES string of the molecule is CC1CN=C(Nc2cccc(S(N)(=O)=O)c2)S1. The van der Waals surface area contributed by atoms with Crippen LogP contribution in [0.5, 0.6) is 0 Å². The van der Waals surface area contributed by atoms with Crippen LogP contribution in [0.2, 0.25) is 0 Å². The molecule has 0 aromatic heterocycles. The third-order valence-electron chi connectivity index (χ3n) is 2.22. The number of rotatable bonds is 2. The summed E-state index contributed by atoms with van der Waals surface area (Å²) in [6.45, 7) is 2.87. The van der Waals surface area contributed by atoms with E-state index in [1.165, 1.54) is 12.1 Å². The van der Waals surface area contributed by atoms with Crippen LogP contribution >= 0.6 is 11.8 Å². The van der Waals surface area contributed by atoms with Gasteiger partial charge in [0.1, 0.15) is 0 Å². The van der Waals surface area contributed by atoms with Gasteiger partial charge in [0.25, 0.3) is 0 Å². The molecule has 0 saturated heterocycles. The standard InChI is InChI=1S/C10H13N3O2S2/c1-7-6-12-10(16-7)13-8-3-2-4-9(5-8)17(11,14)15/h2-5,7H,6H2,1H3,(H,12,13)(H2,11,14,15). The number of benzene rings is 1. The average molecular weight is 271 g/mol. The lowest BCUT2D eigenvalue weighted by molar-refractivity contribution is 0.598. The largest absolute Gasteiger partial charge is 0.335 e. The number of sulfonamides is 1. The van der Waals surface area contributed by atoms with Crippen LogP contribution in [0.1, 0.15) is 6.92 Å². The van der Waals surface area contributed by atoms with E-state index in [0.29, 0.717) is 10.9 Å². The zero-order valence-electron chi connectivity index (χ0n) is 9.25. The maximum Gasteiger partial charge on any atom is 0.238 e. The number of anilines is 1. The van der Waals surface area contributed by atoms with Crippen LogP contribution in [-0.4, -0.2) is 25.4 Å². The molecule has 1 aliphatic rings. The Balaban J connectivity index is 2.18. The molecule has 1 unspecified atom stereocenters. The number of primary sulfonamides is 1. The van der Waals surface area contributed by atoms with Crippen LogP contribution < -0.4 is 10.5 Å². The Hall–Kier alpha value is -1.05. The van der Waals surface area contributed by atoms with Crippen LogP contribution in [0.15, 0.2) is 34.2 Å². The minimum atomic E-state index is -3.66. The number of aliphatic imine (C=N–C) groups is 1. The molecule has 1 atom stereocenters. The van der Waals surface area contributed by atoms with Crippen molar-refractivity contribution in [1.82, 2.24) is 0 Å². The number of nitrogens with two attached hydrogens (primary N) is 1. The summed E-state index contributed by atoms with van der Waals surface area (Å²) >= 11 is 1.63. The monoisotopic (exact) mass is 271 g/mol. The fraction of sp³-hybridized carbons (Fsp3) is 0.300. The van der Waals surface area contributed by atoms with E-state index in [0.717, 1.165) is 11.7 Å². The number of hydrogen-bond donors (Lipinski definition) is 2. The van der Waals surface area contributed by atoms with Crippen LogP contribution in [0.4, 0.5) is 5.69 Å². The van der Waals surface area contributed by atoms with Gasteiger partial charge in [-0.05, 0) is 18.2 Å². The van der Waals surface area contributed by atoms with Crippen LogP contribution in [0.3, 0.4) is 0 Å². The summed E-state index contributed by atoms with van der Waals surface area (Å²) < 4.78 is 22.4. The van der Waals surface area contributed by atoms with E-state index in [9.17, 15) is 8.42 Å². The van der Waals surface area contributed by atoms with E-state index < -0.39 is 10.0 Å². The molecule has 92 valence electrons. The van der Waals surface area contributed by atoms with Gasteiger partial charge in [-0.3, -0.25) is 4.99 Å². The van der Waals surface area contributed by atoms with Crippen molar-refractivity contribution in [2.24, 2.45) is 10.1 Å². The van der Waals surface area contributed by atoms with Gasteiger partial charge < -0.3 is 5.32 Å². The summed E-state index contributed by atoms with van der Waals surface area (Å²) in [5, 5.41) is 9.41. The first-order valence-corrected chi connectivity index (χ1v) is 7.49. The van der Waals surface area contributed by atoms with Crippen molar-refractivity contribution in [2.75, 3.05) is 11.9 Å². The second kappa shape index (κ2) is 4.67. The van der Waals surface area contributed by atoms with E-state index in [-0.39, 0.29) is 4.90 Å². The maximum absolute atomic E-state index is 11.2. The molecule has 0 saturated carbocycles. The Labute approximate surface area is 105 Å². The van der Waals surface area contributed by atoms with Gasteiger partial charge >= 0.3 is 0 Å². The van der Waals surface area contributed by atoms with Gasteiger partial charge in [-0.2, -0.15) is 0 Å². The third kappa shape index (κ3) is 3.21. The van der Waals surface area contributed by atoms with E-state index in [1.54, 1.807) is 23.9 Å². The van der Waals surface area contributed by atoms with Crippen molar-refractivity contribution in [1.29, 1.82) is 0 Å². The van der Waals surface area contributed by atoms with E-state index >= 15 is 0 Å². The summed E-state index contributed by atoms with van der Waals surface area (Å²) in [6.07, 6.45) is 0. The van der Waals surface area contributed by atoms with Gasteiger partial charge in [-0.15, -0.1) is 0 Å². The zero-order chi connectivity index (χ0) is 12.5. The van der Waals surface area contributed by atoms with Gasteiger partial charge in [0, 0.05) is 10.9 Å². The molecule has 1 aromatic carbocycles. The van der Waals surface area contributed by atoms with Gasteiger partial charge in [0.15, 0.2) is 5.17 Å². The minimum absolute atomic E-state index is 0.0964. The fourth-order valence-electron chi connectivity index (χ4n) is 1.42. The van der Waals surface area contributed by atoms with Crippen molar-refractivity contribution in [3.8, 4) is 0 Å². The molecule has 0 aliphatic carbocycles. The highest BCUT2D eigenvalue weighted by Crippen LogP contribution is 2.22. The van der Waals surface area contributed by atoms with Gasteiger partial charge in [-0.1, -0.05) is 24.8 Å². The Morgan fingerprint density at radius 3 is 2.88 bits per heavy atom. The fourth-order valence-corrected chi connectivity index (χ4v) is 2.84. The molecule has 0 radical (unpaired) electrons. The molecule has 0 spiro atoms. The number of amidine groups is 1. The number of nitrogens with one attached hydrogen (secondary N) is 1. The summed E-state index contributed by atoms with van der Waals surface area (Å²) in [7, 11) is -3.66. The number of hydrogen-bond acceptors (Lipinski definition) is 5. The summed E-state index contributed by atoms with van der Waals surface area (Å²) in [5.74, 6) is 0. The van der Waals surface area contributed by atoms with Gasteiger partial charge in [0.2, 0.25) is 10.0 Å². The van der Waals surface area contributed by atoms with Crippen LogP contribution in [0.25, 0.3) is 0 Å². The first-order chi connectivity index (χ1) is 7.95. The molecule has 3 N–H and O–H groups in total. The lowest BCUT2D eigenvalue weighted by Gasteiger charge is -2.07. The highest BCUT2D eigenvalue weighted by Gasteiger charge is 2.15. The van der Waals surface area contributed by atoms with Crippen molar-refractivity contribution < 1.29 is 8.42 Å². The van der Waals surface area contributed by atoms with Crippen molar-refractivity contribution in [2.45, 2.75) is 17.1 Å². The Kier molecular flexibility index (Phi) is 3.41. The summed E-state index contributed by atoms with van der Waals surface area (Å²) in [5.41, 5.74) is 0.678. The highest BCUT2D eigenvalue weighted by molar-refractivity contribution is 8.15. The molecule has 0 bridgehead atoms.